The number of anilines is 1. The van der Waals surface area contributed by atoms with E-state index in [9.17, 15) is 10.1 Å². The van der Waals surface area contributed by atoms with Gasteiger partial charge in [0.2, 0.25) is 5.91 Å². The molecule has 2 aromatic rings. The van der Waals surface area contributed by atoms with Gasteiger partial charge in [-0.15, -0.1) is 0 Å². The van der Waals surface area contributed by atoms with Gasteiger partial charge < -0.3 is 14.5 Å². The monoisotopic (exact) mass is 433 g/mol. The molecule has 1 unspecified atom stereocenters. The lowest BCUT2D eigenvalue weighted by Crippen LogP contribution is -2.39. The van der Waals surface area contributed by atoms with Crippen LogP contribution in [-0.4, -0.2) is 53.4 Å². The zero-order valence-corrected chi connectivity index (χ0v) is 18.6. The standard InChI is InChI=1S/C25H31N5O2/c26-15-21-14-20(22-16-27-30(18-22)25-5-1-2-13-32-25)6-7-23(21)28-11-8-19(9-12-28)17-29-10-3-4-24(29)31/h6-7,14,16,18-19,25H,1-5,8-13,17H2. The summed E-state index contributed by atoms with van der Waals surface area (Å²) in [7, 11) is 0. The maximum atomic E-state index is 11.9. The molecule has 0 saturated carbocycles. The number of carbonyl (C=O) groups excluding carboxylic acids is 1. The van der Waals surface area contributed by atoms with Gasteiger partial charge in [0.25, 0.3) is 0 Å². The van der Waals surface area contributed by atoms with Crippen molar-refractivity contribution in [3.8, 4) is 17.2 Å². The van der Waals surface area contributed by atoms with Crippen molar-refractivity contribution in [2.45, 2.75) is 51.2 Å². The summed E-state index contributed by atoms with van der Waals surface area (Å²) in [4.78, 5) is 16.3. The summed E-state index contributed by atoms with van der Waals surface area (Å²) < 4.78 is 7.74. The van der Waals surface area contributed by atoms with Gasteiger partial charge in [-0.05, 0) is 62.1 Å². The van der Waals surface area contributed by atoms with Crippen LogP contribution in [0.2, 0.25) is 0 Å². The summed E-state index contributed by atoms with van der Waals surface area (Å²) in [5.74, 6) is 0.874. The molecule has 0 N–H and O–H groups in total. The molecule has 3 saturated heterocycles. The smallest absolute Gasteiger partial charge is 0.222 e. The molecule has 1 aromatic carbocycles. The minimum Gasteiger partial charge on any atom is -0.370 e. The fraction of sp³-hybridized carbons (Fsp3) is 0.560. The molecule has 7 heteroatoms. The Kier molecular flexibility index (Phi) is 6.13. The number of amides is 1. The van der Waals surface area contributed by atoms with Crippen molar-refractivity contribution < 1.29 is 9.53 Å². The highest BCUT2D eigenvalue weighted by Crippen LogP contribution is 2.31. The maximum Gasteiger partial charge on any atom is 0.222 e. The first kappa shape index (κ1) is 21.0. The highest BCUT2D eigenvalue weighted by Gasteiger charge is 2.27. The van der Waals surface area contributed by atoms with Crippen LogP contribution in [0.15, 0.2) is 30.6 Å². The number of rotatable bonds is 5. The molecule has 168 valence electrons. The number of benzene rings is 1. The number of aromatic nitrogens is 2. The van der Waals surface area contributed by atoms with Crippen molar-refractivity contribution >= 4 is 11.6 Å². The molecule has 4 heterocycles. The van der Waals surface area contributed by atoms with Gasteiger partial charge in [0.1, 0.15) is 12.3 Å². The van der Waals surface area contributed by atoms with Crippen LogP contribution in [0, 0.1) is 17.2 Å². The second-order valence-corrected chi connectivity index (χ2v) is 9.25. The summed E-state index contributed by atoms with van der Waals surface area (Å²) in [6, 6.07) is 8.55. The number of piperidine rings is 1. The van der Waals surface area contributed by atoms with E-state index in [-0.39, 0.29) is 6.23 Å². The molecule has 3 fully saturated rings. The third kappa shape index (κ3) is 4.37. The van der Waals surface area contributed by atoms with Crippen LogP contribution in [-0.2, 0) is 9.53 Å². The molecule has 7 nitrogen and oxygen atoms in total. The molecular weight excluding hydrogens is 402 g/mol. The molecule has 5 rings (SSSR count). The molecule has 32 heavy (non-hydrogen) atoms. The van der Waals surface area contributed by atoms with E-state index in [4.69, 9.17) is 4.74 Å². The van der Waals surface area contributed by atoms with Crippen molar-refractivity contribution in [1.82, 2.24) is 14.7 Å². The lowest BCUT2D eigenvalue weighted by molar-refractivity contribution is -0.128. The zero-order chi connectivity index (χ0) is 21.9. The van der Waals surface area contributed by atoms with Gasteiger partial charge in [0.15, 0.2) is 0 Å². The average Bonchev–Trinajstić information content (AvgIpc) is 3.49. The molecule has 1 atom stereocenters. The van der Waals surface area contributed by atoms with Crippen molar-refractivity contribution in [2.24, 2.45) is 5.92 Å². The van der Waals surface area contributed by atoms with Crippen LogP contribution in [0.1, 0.15) is 56.7 Å². The normalized spacial score (nSPS) is 22.3. The van der Waals surface area contributed by atoms with E-state index in [2.05, 4.69) is 28.2 Å². The maximum absolute atomic E-state index is 11.9. The lowest BCUT2D eigenvalue weighted by Gasteiger charge is -2.35. The van der Waals surface area contributed by atoms with Crippen LogP contribution in [0.4, 0.5) is 5.69 Å². The van der Waals surface area contributed by atoms with E-state index >= 15 is 0 Å². The summed E-state index contributed by atoms with van der Waals surface area (Å²) in [6.45, 7) is 4.46. The fourth-order valence-electron chi connectivity index (χ4n) is 5.22. The molecule has 1 amide bonds. The topological polar surface area (TPSA) is 74.4 Å². The van der Waals surface area contributed by atoms with Crippen LogP contribution in [0.5, 0.6) is 0 Å². The van der Waals surface area contributed by atoms with E-state index in [1.807, 2.05) is 28.0 Å². The van der Waals surface area contributed by atoms with Gasteiger partial charge in [0.05, 0.1) is 17.4 Å². The number of hydrogen-bond donors (Lipinski definition) is 0. The third-order valence-electron chi connectivity index (χ3n) is 7.11. The number of nitrogens with zero attached hydrogens (tertiary/aromatic N) is 5. The Balaban J connectivity index is 1.25. The highest BCUT2D eigenvalue weighted by atomic mass is 16.5. The molecule has 0 radical (unpaired) electrons. The van der Waals surface area contributed by atoms with E-state index in [0.717, 1.165) is 88.1 Å². The van der Waals surface area contributed by atoms with Crippen LogP contribution < -0.4 is 4.90 Å². The van der Waals surface area contributed by atoms with Gasteiger partial charge in [-0.25, -0.2) is 4.68 Å². The molecule has 3 aliphatic heterocycles. The first-order valence-electron chi connectivity index (χ1n) is 11.9. The second kappa shape index (κ2) is 9.33. The number of hydrogen-bond acceptors (Lipinski definition) is 5. The first-order valence-corrected chi connectivity index (χ1v) is 11.9. The highest BCUT2D eigenvalue weighted by molar-refractivity contribution is 5.78. The molecule has 3 aliphatic rings. The summed E-state index contributed by atoms with van der Waals surface area (Å²) in [6.07, 6.45) is 11.0. The van der Waals surface area contributed by atoms with Crippen molar-refractivity contribution in [3.05, 3.63) is 36.2 Å². The van der Waals surface area contributed by atoms with Crippen LogP contribution in [0.25, 0.3) is 11.1 Å². The lowest BCUT2D eigenvalue weighted by atomic mass is 9.95. The fourth-order valence-corrected chi connectivity index (χ4v) is 5.22. The molecule has 0 aliphatic carbocycles. The van der Waals surface area contributed by atoms with Crippen LogP contribution >= 0.6 is 0 Å². The Labute approximate surface area is 189 Å². The third-order valence-corrected chi connectivity index (χ3v) is 7.11. The van der Waals surface area contributed by atoms with Crippen LogP contribution in [0.3, 0.4) is 0 Å². The van der Waals surface area contributed by atoms with E-state index < -0.39 is 0 Å². The van der Waals surface area contributed by atoms with Gasteiger partial charge >= 0.3 is 0 Å². The zero-order valence-electron chi connectivity index (χ0n) is 18.6. The molecule has 0 bridgehead atoms. The number of ether oxygens (including phenoxy) is 1. The molecule has 0 spiro atoms. The Hall–Kier alpha value is -2.85. The summed E-state index contributed by atoms with van der Waals surface area (Å²) >= 11 is 0. The Morgan fingerprint density at radius 1 is 1.09 bits per heavy atom. The summed E-state index contributed by atoms with van der Waals surface area (Å²) in [5, 5.41) is 14.3. The minimum absolute atomic E-state index is 0.0179. The summed E-state index contributed by atoms with van der Waals surface area (Å²) in [5.41, 5.74) is 3.73. The Bertz CT molecular complexity index is 996. The predicted molar refractivity (Wildman–Crippen MR) is 122 cm³/mol. The number of nitriles is 1. The van der Waals surface area contributed by atoms with Gasteiger partial charge in [-0.1, -0.05) is 6.07 Å². The Morgan fingerprint density at radius 3 is 2.69 bits per heavy atom. The average molecular weight is 434 g/mol. The van der Waals surface area contributed by atoms with Crippen molar-refractivity contribution in [2.75, 3.05) is 37.7 Å². The quantitative estimate of drug-likeness (QED) is 0.714. The van der Waals surface area contributed by atoms with Gasteiger partial charge in [0, 0.05) is 51.0 Å². The number of carbonyl (C=O) groups is 1. The second-order valence-electron chi connectivity index (χ2n) is 9.25. The Morgan fingerprint density at radius 2 is 1.97 bits per heavy atom. The largest absolute Gasteiger partial charge is 0.370 e. The van der Waals surface area contributed by atoms with E-state index in [0.29, 0.717) is 23.8 Å². The number of likely N-dealkylation sites (tertiary alicyclic amines) is 1. The molecule has 1 aromatic heterocycles. The predicted octanol–water partition coefficient (Wildman–Crippen LogP) is 3.96. The first-order chi connectivity index (χ1) is 15.7. The van der Waals surface area contributed by atoms with E-state index in [1.54, 1.807) is 0 Å². The van der Waals surface area contributed by atoms with Crippen molar-refractivity contribution in [3.63, 3.8) is 0 Å². The van der Waals surface area contributed by atoms with E-state index in [1.165, 1.54) is 0 Å². The van der Waals surface area contributed by atoms with Crippen molar-refractivity contribution in [1.29, 1.82) is 5.26 Å². The SMILES string of the molecule is N#Cc1cc(-c2cnn(C3CCCCO3)c2)ccc1N1CCC(CN2CCCC2=O)CC1. The molecular formula is C25H31N5O2. The minimum atomic E-state index is 0.0179. The van der Waals surface area contributed by atoms with Gasteiger partial charge in [-0.3, -0.25) is 4.79 Å². The van der Waals surface area contributed by atoms with Gasteiger partial charge in [-0.2, -0.15) is 10.4 Å².